The Balaban J connectivity index is 3.17. The van der Waals surface area contributed by atoms with Crippen molar-refractivity contribution in [3.63, 3.8) is 0 Å². The van der Waals surface area contributed by atoms with Crippen molar-refractivity contribution in [3.8, 4) is 11.5 Å². The van der Waals surface area contributed by atoms with E-state index in [0.29, 0.717) is 24.7 Å². The summed E-state index contributed by atoms with van der Waals surface area (Å²) >= 11 is 0. The minimum atomic E-state index is -0.726. The molecule has 0 spiro atoms. The second kappa shape index (κ2) is 5.76. The van der Waals surface area contributed by atoms with Gasteiger partial charge >= 0.3 is 0 Å². The number of hydrogen-bond donors (Lipinski definition) is 1. The van der Waals surface area contributed by atoms with E-state index in [-0.39, 0.29) is 5.91 Å². The molecule has 0 unspecified atom stereocenters. The van der Waals surface area contributed by atoms with Crippen molar-refractivity contribution >= 4 is 5.91 Å². The normalized spacial score (nSPS) is 11.1. The summed E-state index contributed by atoms with van der Waals surface area (Å²) in [6.07, 6.45) is 0. The van der Waals surface area contributed by atoms with Crippen molar-refractivity contribution in [1.82, 2.24) is 0 Å². The Morgan fingerprint density at radius 3 is 2.22 bits per heavy atom. The molecule has 0 atom stereocenters. The van der Waals surface area contributed by atoms with E-state index in [1.165, 1.54) is 0 Å². The van der Waals surface area contributed by atoms with E-state index in [1.807, 2.05) is 32.0 Å². The minimum absolute atomic E-state index is 0.367. The fraction of sp³-hybridized carbons (Fsp3) is 0.500. The number of nitrogens with two attached hydrogens (primary N) is 1. The molecule has 0 aliphatic carbocycles. The van der Waals surface area contributed by atoms with E-state index in [1.54, 1.807) is 13.8 Å². The summed E-state index contributed by atoms with van der Waals surface area (Å²) in [5.41, 5.74) is 5.51. The van der Waals surface area contributed by atoms with Gasteiger partial charge in [0.25, 0.3) is 0 Å². The van der Waals surface area contributed by atoms with Crippen LogP contribution in [0.2, 0.25) is 0 Å². The van der Waals surface area contributed by atoms with E-state index >= 15 is 0 Å². The molecule has 0 heterocycles. The molecule has 0 saturated heterocycles. The fourth-order valence-corrected chi connectivity index (χ4v) is 1.58. The molecule has 4 heteroatoms. The average Bonchev–Trinajstić information content (AvgIpc) is 2.31. The molecule has 0 bridgehead atoms. The molecule has 100 valence electrons. The molecule has 0 saturated carbocycles. The highest BCUT2D eigenvalue weighted by Crippen LogP contribution is 2.33. The van der Waals surface area contributed by atoms with Gasteiger partial charge in [0.2, 0.25) is 5.91 Å². The van der Waals surface area contributed by atoms with Crippen LogP contribution < -0.4 is 15.2 Å². The van der Waals surface area contributed by atoms with Gasteiger partial charge in [-0.2, -0.15) is 0 Å². The van der Waals surface area contributed by atoms with Crippen LogP contribution in [0, 0.1) is 0 Å². The van der Waals surface area contributed by atoms with Gasteiger partial charge in [0.15, 0.2) is 11.5 Å². The number of carbonyl (C=O) groups is 1. The second-order valence-electron chi connectivity index (χ2n) is 4.52. The Morgan fingerprint density at radius 2 is 1.72 bits per heavy atom. The van der Waals surface area contributed by atoms with Gasteiger partial charge in [-0.1, -0.05) is 6.07 Å². The van der Waals surface area contributed by atoms with Crippen LogP contribution in [-0.2, 0) is 10.2 Å². The average molecular weight is 251 g/mol. The van der Waals surface area contributed by atoms with Gasteiger partial charge in [-0.25, -0.2) is 0 Å². The maximum absolute atomic E-state index is 11.5. The molecule has 0 aliphatic rings. The maximum Gasteiger partial charge on any atom is 0.227 e. The number of amides is 1. The third-order valence-corrected chi connectivity index (χ3v) is 2.88. The van der Waals surface area contributed by atoms with Gasteiger partial charge in [-0.15, -0.1) is 0 Å². The van der Waals surface area contributed by atoms with Crippen molar-refractivity contribution in [2.45, 2.75) is 33.1 Å². The monoisotopic (exact) mass is 251 g/mol. The predicted octanol–water partition coefficient (Wildman–Crippen LogP) is 2.25. The summed E-state index contributed by atoms with van der Waals surface area (Å²) < 4.78 is 11.0. The van der Waals surface area contributed by atoms with Gasteiger partial charge in [-0.05, 0) is 45.4 Å². The van der Waals surface area contributed by atoms with Gasteiger partial charge in [0.1, 0.15) is 0 Å². The quantitative estimate of drug-likeness (QED) is 0.843. The highest BCUT2D eigenvalue weighted by atomic mass is 16.5. The van der Waals surface area contributed by atoms with Crippen molar-refractivity contribution in [3.05, 3.63) is 23.8 Å². The van der Waals surface area contributed by atoms with E-state index in [0.717, 1.165) is 5.56 Å². The molecule has 1 rings (SSSR count). The Labute approximate surface area is 108 Å². The molecule has 2 N–H and O–H groups in total. The van der Waals surface area contributed by atoms with Crippen molar-refractivity contribution < 1.29 is 14.3 Å². The summed E-state index contributed by atoms with van der Waals surface area (Å²) in [5, 5.41) is 0. The number of benzene rings is 1. The summed E-state index contributed by atoms with van der Waals surface area (Å²) in [6, 6.07) is 5.48. The number of primary amides is 1. The van der Waals surface area contributed by atoms with Crippen molar-refractivity contribution in [2.24, 2.45) is 5.73 Å². The zero-order chi connectivity index (χ0) is 13.8. The first-order valence-corrected chi connectivity index (χ1v) is 6.13. The molecule has 1 aromatic carbocycles. The highest BCUT2D eigenvalue weighted by molar-refractivity contribution is 5.85. The van der Waals surface area contributed by atoms with Crippen molar-refractivity contribution in [2.75, 3.05) is 13.2 Å². The van der Waals surface area contributed by atoms with Crippen molar-refractivity contribution in [1.29, 1.82) is 0 Å². The summed E-state index contributed by atoms with van der Waals surface area (Å²) in [4.78, 5) is 11.5. The molecule has 4 nitrogen and oxygen atoms in total. The van der Waals surface area contributed by atoms with Crippen LogP contribution in [-0.4, -0.2) is 19.1 Å². The van der Waals surface area contributed by atoms with E-state index < -0.39 is 5.41 Å². The molecule has 1 amide bonds. The third-order valence-electron chi connectivity index (χ3n) is 2.88. The van der Waals surface area contributed by atoms with Crippen LogP contribution >= 0.6 is 0 Å². The Morgan fingerprint density at radius 1 is 1.17 bits per heavy atom. The number of ether oxygens (including phenoxy) is 2. The molecular formula is C14H21NO3. The third kappa shape index (κ3) is 2.94. The van der Waals surface area contributed by atoms with E-state index in [4.69, 9.17) is 15.2 Å². The fourth-order valence-electron chi connectivity index (χ4n) is 1.58. The lowest BCUT2D eigenvalue weighted by Crippen LogP contribution is -2.35. The van der Waals surface area contributed by atoms with Crippen LogP contribution in [0.5, 0.6) is 11.5 Å². The number of carbonyl (C=O) groups excluding carboxylic acids is 1. The van der Waals surface area contributed by atoms with Crippen LogP contribution in [0.25, 0.3) is 0 Å². The summed E-state index contributed by atoms with van der Waals surface area (Å²) in [6.45, 7) is 8.51. The highest BCUT2D eigenvalue weighted by Gasteiger charge is 2.28. The lowest BCUT2D eigenvalue weighted by Gasteiger charge is -2.22. The molecule has 0 aliphatic heterocycles. The topological polar surface area (TPSA) is 61.5 Å². The molecule has 0 fully saturated rings. The van der Waals surface area contributed by atoms with Gasteiger partial charge in [0, 0.05) is 0 Å². The predicted molar refractivity (Wildman–Crippen MR) is 71.0 cm³/mol. The van der Waals surface area contributed by atoms with E-state index in [9.17, 15) is 4.79 Å². The number of rotatable bonds is 6. The number of hydrogen-bond acceptors (Lipinski definition) is 3. The zero-order valence-electron chi connectivity index (χ0n) is 11.4. The smallest absolute Gasteiger partial charge is 0.227 e. The minimum Gasteiger partial charge on any atom is -0.490 e. The van der Waals surface area contributed by atoms with Crippen LogP contribution in [0.3, 0.4) is 0 Å². The zero-order valence-corrected chi connectivity index (χ0v) is 11.4. The summed E-state index contributed by atoms with van der Waals surface area (Å²) in [7, 11) is 0. The standard InChI is InChI=1S/C14H21NO3/c1-5-17-11-8-7-10(9-12(11)18-6-2)14(3,4)13(15)16/h7-9H,5-6H2,1-4H3,(H2,15,16). The molecule has 0 radical (unpaired) electrons. The van der Waals surface area contributed by atoms with Crippen LogP contribution in [0.1, 0.15) is 33.3 Å². The van der Waals surface area contributed by atoms with Gasteiger partial charge < -0.3 is 15.2 Å². The maximum atomic E-state index is 11.5. The van der Waals surface area contributed by atoms with E-state index in [2.05, 4.69) is 0 Å². The van der Waals surface area contributed by atoms with Gasteiger partial charge in [0.05, 0.1) is 18.6 Å². The SMILES string of the molecule is CCOc1ccc(C(C)(C)C(N)=O)cc1OCC. The van der Waals surface area contributed by atoms with Crippen LogP contribution in [0.4, 0.5) is 0 Å². The van der Waals surface area contributed by atoms with Gasteiger partial charge in [-0.3, -0.25) is 4.79 Å². The molecular weight excluding hydrogens is 230 g/mol. The first-order chi connectivity index (χ1) is 8.43. The Hall–Kier alpha value is -1.71. The Kier molecular flexibility index (Phi) is 4.59. The first kappa shape index (κ1) is 14.4. The molecule has 0 aromatic heterocycles. The largest absolute Gasteiger partial charge is 0.490 e. The lowest BCUT2D eigenvalue weighted by molar-refractivity contribution is -0.122. The molecule has 18 heavy (non-hydrogen) atoms. The lowest BCUT2D eigenvalue weighted by atomic mass is 9.84. The molecule has 1 aromatic rings. The first-order valence-electron chi connectivity index (χ1n) is 6.13. The Bertz CT molecular complexity index is 427. The van der Waals surface area contributed by atoms with Crippen LogP contribution in [0.15, 0.2) is 18.2 Å². The summed E-state index contributed by atoms with van der Waals surface area (Å²) in [5.74, 6) is 0.962. The second-order valence-corrected chi connectivity index (χ2v) is 4.52.